The molecule has 2 atom stereocenters. The number of hydrogen-bond acceptors (Lipinski definition) is 4. The molecule has 0 fully saturated rings. The molecule has 1 amide bonds. The van der Waals surface area contributed by atoms with Gasteiger partial charge in [-0.1, -0.05) is 26.0 Å². The third-order valence-electron chi connectivity index (χ3n) is 2.97. The number of aliphatic carboxylic acids is 1. The Balaban J connectivity index is 2.72. The number of ether oxygens (including phenoxy) is 1. The molecule has 2 N–H and O–H groups in total. The lowest BCUT2D eigenvalue weighted by Crippen LogP contribution is -2.46. The summed E-state index contributed by atoms with van der Waals surface area (Å²) in [7, 11) is 1.57. The predicted molar refractivity (Wildman–Crippen MR) is 82.7 cm³/mol. The van der Waals surface area contributed by atoms with Gasteiger partial charge in [0.05, 0.1) is 17.3 Å². The van der Waals surface area contributed by atoms with Gasteiger partial charge in [-0.05, 0) is 25.0 Å². The van der Waals surface area contributed by atoms with E-state index in [0.29, 0.717) is 5.75 Å². The third-order valence-corrected chi connectivity index (χ3v) is 4.13. The lowest BCUT2D eigenvalue weighted by atomic mass is 10.0. The van der Waals surface area contributed by atoms with Gasteiger partial charge in [0.25, 0.3) is 0 Å². The van der Waals surface area contributed by atoms with Crippen LogP contribution in [0.5, 0.6) is 5.75 Å². The number of carbonyl (C=O) groups is 2. The second-order valence-corrected chi connectivity index (χ2v) is 6.36. The number of carbonyl (C=O) groups excluding carboxylic acids is 1. The van der Waals surface area contributed by atoms with E-state index in [1.807, 2.05) is 24.3 Å². The Hall–Kier alpha value is -1.69. The summed E-state index contributed by atoms with van der Waals surface area (Å²) in [5.41, 5.74) is 0. The Morgan fingerprint density at radius 1 is 1.24 bits per heavy atom. The first-order valence-electron chi connectivity index (χ1n) is 6.69. The average molecular weight is 311 g/mol. The zero-order valence-electron chi connectivity index (χ0n) is 12.6. The van der Waals surface area contributed by atoms with E-state index < -0.39 is 17.3 Å². The number of para-hydroxylation sites is 1. The molecule has 0 aromatic heterocycles. The smallest absolute Gasteiger partial charge is 0.326 e. The second kappa shape index (κ2) is 7.93. The number of thioether (sulfide) groups is 1. The summed E-state index contributed by atoms with van der Waals surface area (Å²) >= 11 is 1.34. The lowest BCUT2D eigenvalue weighted by Gasteiger charge is -2.20. The molecule has 116 valence electrons. The van der Waals surface area contributed by atoms with Crippen LogP contribution in [-0.2, 0) is 9.59 Å². The van der Waals surface area contributed by atoms with Gasteiger partial charge in [0.15, 0.2) is 0 Å². The van der Waals surface area contributed by atoms with Crippen LogP contribution in [0.4, 0.5) is 0 Å². The molecule has 0 aliphatic heterocycles. The first-order valence-corrected chi connectivity index (χ1v) is 7.57. The maximum atomic E-state index is 12.1. The lowest BCUT2D eigenvalue weighted by molar-refractivity contribution is -0.143. The van der Waals surface area contributed by atoms with Crippen molar-refractivity contribution in [3.05, 3.63) is 24.3 Å². The van der Waals surface area contributed by atoms with Gasteiger partial charge in [-0.2, -0.15) is 0 Å². The summed E-state index contributed by atoms with van der Waals surface area (Å²) in [5, 5.41) is 11.3. The molecule has 0 saturated carbocycles. The van der Waals surface area contributed by atoms with E-state index in [0.717, 1.165) is 4.90 Å². The maximum Gasteiger partial charge on any atom is 0.326 e. The fraction of sp³-hybridized carbons (Fsp3) is 0.467. The van der Waals surface area contributed by atoms with Gasteiger partial charge < -0.3 is 15.2 Å². The minimum absolute atomic E-state index is 0.171. The van der Waals surface area contributed by atoms with E-state index >= 15 is 0 Å². The standard InChI is InChI=1S/C15H21NO4S/c1-9(2)13(15(18)19)16-14(17)10(3)21-12-8-6-5-7-11(12)20-4/h5-10,13H,1-4H3,(H,16,17)(H,18,19). The number of rotatable bonds is 7. The molecule has 21 heavy (non-hydrogen) atoms. The summed E-state index contributed by atoms with van der Waals surface area (Å²) < 4.78 is 5.24. The number of methoxy groups -OCH3 is 1. The topological polar surface area (TPSA) is 75.6 Å². The summed E-state index contributed by atoms with van der Waals surface area (Å²) in [6, 6.07) is 6.53. The van der Waals surface area contributed by atoms with Crippen LogP contribution in [0.15, 0.2) is 29.2 Å². The van der Waals surface area contributed by atoms with E-state index in [1.54, 1.807) is 27.9 Å². The highest BCUT2D eigenvalue weighted by atomic mass is 32.2. The van der Waals surface area contributed by atoms with Crippen molar-refractivity contribution in [1.82, 2.24) is 5.32 Å². The molecule has 6 heteroatoms. The number of carboxylic acids is 1. The molecule has 0 aliphatic rings. The SMILES string of the molecule is COc1ccccc1SC(C)C(=O)NC(C(=O)O)C(C)C. The number of hydrogen-bond donors (Lipinski definition) is 2. The molecule has 0 spiro atoms. The molecule has 1 rings (SSSR count). The minimum atomic E-state index is -1.02. The van der Waals surface area contributed by atoms with Gasteiger partial charge in [0.1, 0.15) is 11.8 Å². The molecule has 2 unspecified atom stereocenters. The molecule has 1 aromatic rings. The van der Waals surface area contributed by atoms with Gasteiger partial charge in [-0.3, -0.25) is 4.79 Å². The second-order valence-electron chi connectivity index (χ2n) is 4.98. The van der Waals surface area contributed by atoms with Crippen LogP contribution < -0.4 is 10.1 Å². The van der Waals surface area contributed by atoms with Crippen molar-refractivity contribution in [3.63, 3.8) is 0 Å². The number of nitrogens with one attached hydrogen (secondary N) is 1. The predicted octanol–water partition coefficient (Wildman–Crippen LogP) is 2.40. The van der Waals surface area contributed by atoms with Gasteiger partial charge in [-0.25, -0.2) is 4.79 Å². The van der Waals surface area contributed by atoms with Crippen LogP contribution in [0.2, 0.25) is 0 Å². The van der Waals surface area contributed by atoms with E-state index in [9.17, 15) is 9.59 Å². The Kier molecular flexibility index (Phi) is 6.55. The number of carboxylic acid groups (broad SMARTS) is 1. The van der Waals surface area contributed by atoms with Crippen LogP contribution in [0, 0.1) is 5.92 Å². The summed E-state index contributed by atoms with van der Waals surface area (Å²) in [5.74, 6) is -0.796. The highest BCUT2D eigenvalue weighted by Crippen LogP contribution is 2.31. The van der Waals surface area contributed by atoms with Gasteiger partial charge >= 0.3 is 5.97 Å². The fourth-order valence-electron chi connectivity index (χ4n) is 1.74. The van der Waals surface area contributed by atoms with Crippen molar-refractivity contribution >= 4 is 23.6 Å². The van der Waals surface area contributed by atoms with Crippen molar-refractivity contribution in [2.24, 2.45) is 5.92 Å². The van der Waals surface area contributed by atoms with Crippen LogP contribution in [0.1, 0.15) is 20.8 Å². The zero-order valence-corrected chi connectivity index (χ0v) is 13.4. The molecular formula is C15H21NO4S. The van der Waals surface area contributed by atoms with Gasteiger partial charge in [0.2, 0.25) is 5.91 Å². The summed E-state index contributed by atoms with van der Waals surface area (Å²) in [4.78, 5) is 24.1. The number of amides is 1. The molecule has 0 saturated heterocycles. The Bertz CT molecular complexity index is 504. The Morgan fingerprint density at radius 3 is 2.38 bits per heavy atom. The van der Waals surface area contributed by atoms with Crippen LogP contribution >= 0.6 is 11.8 Å². The van der Waals surface area contributed by atoms with Crippen LogP contribution in [-0.4, -0.2) is 35.4 Å². The first-order chi connectivity index (χ1) is 9.86. The normalized spacial score (nSPS) is 13.6. The van der Waals surface area contributed by atoms with E-state index in [2.05, 4.69) is 5.32 Å². The van der Waals surface area contributed by atoms with E-state index in [-0.39, 0.29) is 11.8 Å². The Labute approximate surface area is 129 Å². The molecule has 0 aliphatic carbocycles. The van der Waals surface area contributed by atoms with Crippen LogP contribution in [0.3, 0.4) is 0 Å². The molecule has 0 bridgehead atoms. The Morgan fingerprint density at radius 2 is 1.86 bits per heavy atom. The largest absolute Gasteiger partial charge is 0.496 e. The van der Waals surface area contributed by atoms with Crippen molar-refractivity contribution in [2.75, 3.05) is 7.11 Å². The molecular weight excluding hydrogens is 290 g/mol. The monoisotopic (exact) mass is 311 g/mol. The molecule has 1 aromatic carbocycles. The third kappa shape index (κ3) is 4.97. The average Bonchev–Trinajstić information content (AvgIpc) is 2.44. The molecule has 0 heterocycles. The fourth-order valence-corrected chi connectivity index (χ4v) is 2.72. The highest BCUT2D eigenvalue weighted by molar-refractivity contribution is 8.00. The van der Waals surface area contributed by atoms with Crippen molar-refractivity contribution in [1.29, 1.82) is 0 Å². The summed E-state index contributed by atoms with van der Waals surface area (Å²) in [6.45, 7) is 5.26. The van der Waals surface area contributed by atoms with E-state index in [4.69, 9.17) is 9.84 Å². The maximum absolute atomic E-state index is 12.1. The first kappa shape index (κ1) is 17.4. The number of benzene rings is 1. The minimum Gasteiger partial charge on any atom is -0.496 e. The molecule has 0 radical (unpaired) electrons. The van der Waals surface area contributed by atoms with Crippen LogP contribution in [0.25, 0.3) is 0 Å². The van der Waals surface area contributed by atoms with Crippen molar-refractivity contribution < 1.29 is 19.4 Å². The van der Waals surface area contributed by atoms with Crippen molar-refractivity contribution in [3.8, 4) is 5.75 Å². The quantitative estimate of drug-likeness (QED) is 0.756. The van der Waals surface area contributed by atoms with Gasteiger partial charge in [-0.15, -0.1) is 11.8 Å². The van der Waals surface area contributed by atoms with E-state index in [1.165, 1.54) is 11.8 Å². The zero-order chi connectivity index (χ0) is 16.0. The highest BCUT2D eigenvalue weighted by Gasteiger charge is 2.26. The van der Waals surface area contributed by atoms with Gasteiger partial charge in [0, 0.05) is 0 Å². The molecule has 5 nitrogen and oxygen atoms in total. The summed E-state index contributed by atoms with van der Waals surface area (Å²) in [6.07, 6.45) is 0. The van der Waals surface area contributed by atoms with Crippen molar-refractivity contribution in [2.45, 2.75) is 37.0 Å².